The average Bonchev–Trinajstić information content (AvgIpc) is 3.15. The predicted molar refractivity (Wildman–Crippen MR) is 195 cm³/mol. The van der Waals surface area contributed by atoms with Crippen molar-refractivity contribution in [1.82, 2.24) is 0 Å². The van der Waals surface area contributed by atoms with Gasteiger partial charge in [-0.05, 0) is 13.3 Å². The van der Waals surface area contributed by atoms with Crippen LogP contribution in [0.5, 0.6) is 0 Å². The van der Waals surface area contributed by atoms with E-state index in [1.165, 1.54) is 19.3 Å². The molecule has 0 aromatic rings. The van der Waals surface area contributed by atoms with E-state index in [4.69, 9.17) is 66.3 Å². The summed E-state index contributed by atoms with van der Waals surface area (Å²) in [5, 5.41) is 0. The maximum Gasteiger partial charge on any atom is 0.308 e. The number of esters is 2. The van der Waals surface area contributed by atoms with Crippen molar-refractivity contribution in [3.63, 3.8) is 0 Å². The molecular weight excluding hydrogens is 700 g/mol. The Morgan fingerprint density at radius 2 is 0.547 bits per heavy atom. The van der Waals surface area contributed by atoms with Gasteiger partial charge in [-0.1, -0.05) is 32.6 Å². The first-order valence-corrected chi connectivity index (χ1v) is 19.4. The Kier molecular flexibility index (Phi) is 45.3. The third-order valence-corrected chi connectivity index (χ3v) is 6.82. The fourth-order valence-corrected chi connectivity index (χ4v) is 4.07. The Bertz CT molecular complexity index is 733. The number of unbranched alkanes of at least 4 members (excludes halogenated alkanes) is 4. The lowest BCUT2D eigenvalue weighted by Crippen LogP contribution is -2.16. The zero-order valence-corrected chi connectivity index (χ0v) is 32.9. The van der Waals surface area contributed by atoms with Gasteiger partial charge in [-0.2, -0.15) is 0 Å². The Morgan fingerprint density at radius 3 is 0.849 bits per heavy atom. The fourth-order valence-electron chi connectivity index (χ4n) is 4.07. The third-order valence-electron chi connectivity index (χ3n) is 6.82. The lowest BCUT2D eigenvalue weighted by atomic mass is 10.1. The molecule has 0 radical (unpaired) electrons. The van der Waals surface area contributed by atoms with Crippen LogP contribution in [-0.2, 0) is 75.9 Å². The summed E-state index contributed by atoms with van der Waals surface area (Å²) in [6.45, 7) is 15.8. The van der Waals surface area contributed by atoms with Crippen LogP contribution in [-0.4, -0.2) is 184 Å². The standard InChI is InChI=1S/C37H72O16/c1-3-5-6-7-8-9-36(38)53-35-34-51-33-32-50-31-30-49-29-28-48-27-26-47-25-24-46-23-22-45-21-20-44-19-18-43-17-16-42-15-14-41-13-12-40-11-10-37(39)52-4-2/h3-35H2,1-2H3. The van der Waals surface area contributed by atoms with Crippen LogP contribution >= 0.6 is 0 Å². The number of ether oxygens (including phenoxy) is 14. The van der Waals surface area contributed by atoms with E-state index in [1.807, 2.05) is 0 Å². The van der Waals surface area contributed by atoms with Gasteiger partial charge >= 0.3 is 11.9 Å². The summed E-state index contributed by atoms with van der Waals surface area (Å²) >= 11 is 0. The minimum absolute atomic E-state index is 0.151. The molecule has 316 valence electrons. The molecule has 0 heterocycles. The van der Waals surface area contributed by atoms with Gasteiger partial charge in [0.25, 0.3) is 0 Å². The molecule has 0 aliphatic rings. The van der Waals surface area contributed by atoms with Gasteiger partial charge in [0.2, 0.25) is 0 Å². The van der Waals surface area contributed by atoms with Crippen LogP contribution < -0.4 is 0 Å². The van der Waals surface area contributed by atoms with Gasteiger partial charge in [0.1, 0.15) is 6.61 Å². The quantitative estimate of drug-likeness (QED) is 0.0655. The summed E-state index contributed by atoms with van der Waals surface area (Å²) in [4.78, 5) is 22.8. The van der Waals surface area contributed by atoms with E-state index in [1.54, 1.807) is 6.92 Å². The SMILES string of the molecule is CCCCCCCC(=O)OCCOCCOCCOCCOCCOCCOCCOCCOCCOCCOCCOCCOCCC(=O)OCC. The smallest absolute Gasteiger partial charge is 0.308 e. The van der Waals surface area contributed by atoms with Crippen molar-refractivity contribution in [3.8, 4) is 0 Å². The highest BCUT2D eigenvalue weighted by Crippen LogP contribution is 2.05. The second kappa shape index (κ2) is 46.6. The molecule has 0 fully saturated rings. The van der Waals surface area contributed by atoms with E-state index in [0.717, 1.165) is 12.8 Å². The van der Waals surface area contributed by atoms with E-state index in [9.17, 15) is 9.59 Å². The van der Waals surface area contributed by atoms with E-state index in [0.29, 0.717) is 172 Å². The molecule has 53 heavy (non-hydrogen) atoms. The summed E-state index contributed by atoms with van der Waals surface area (Å²) in [5.41, 5.74) is 0. The van der Waals surface area contributed by atoms with E-state index < -0.39 is 0 Å². The van der Waals surface area contributed by atoms with Gasteiger partial charge in [0, 0.05) is 6.42 Å². The van der Waals surface area contributed by atoms with Crippen molar-refractivity contribution in [1.29, 1.82) is 0 Å². The van der Waals surface area contributed by atoms with Gasteiger partial charge < -0.3 is 66.3 Å². The van der Waals surface area contributed by atoms with Gasteiger partial charge in [-0.3, -0.25) is 9.59 Å². The van der Waals surface area contributed by atoms with Crippen molar-refractivity contribution >= 4 is 11.9 Å². The molecule has 0 amide bonds. The molecule has 0 bridgehead atoms. The summed E-state index contributed by atoms with van der Waals surface area (Å²) in [6.07, 6.45) is 6.30. The van der Waals surface area contributed by atoms with Crippen LogP contribution in [0.1, 0.15) is 58.8 Å². The van der Waals surface area contributed by atoms with Crippen LogP contribution in [0.25, 0.3) is 0 Å². The monoisotopic (exact) mass is 772 g/mol. The van der Waals surface area contributed by atoms with Gasteiger partial charge in [0.05, 0.1) is 172 Å². The molecule has 0 atom stereocenters. The Balaban J connectivity index is 3.10. The van der Waals surface area contributed by atoms with E-state index in [2.05, 4.69) is 6.92 Å². The van der Waals surface area contributed by atoms with Crippen LogP contribution in [0.4, 0.5) is 0 Å². The molecule has 0 rings (SSSR count). The zero-order chi connectivity index (χ0) is 38.4. The molecule has 0 saturated carbocycles. The lowest BCUT2D eigenvalue weighted by Gasteiger charge is -2.09. The molecule has 0 aliphatic heterocycles. The molecule has 16 heteroatoms. The molecule has 0 unspecified atom stereocenters. The van der Waals surface area contributed by atoms with Crippen LogP contribution in [0, 0.1) is 0 Å². The van der Waals surface area contributed by atoms with Crippen molar-refractivity contribution in [2.45, 2.75) is 58.8 Å². The van der Waals surface area contributed by atoms with Gasteiger partial charge in [-0.25, -0.2) is 0 Å². The highest BCUT2D eigenvalue weighted by Gasteiger charge is 2.03. The highest BCUT2D eigenvalue weighted by molar-refractivity contribution is 5.69. The predicted octanol–water partition coefficient (Wildman–Crippen LogP) is 3.04. The number of rotatable bonds is 46. The normalized spacial score (nSPS) is 11.4. The van der Waals surface area contributed by atoms with Crippen LogP contribution in [0.15, 0.2) is 0 Å². The number of hydrogen-bond acceptors (Lipinski definition) is 16. The maximum absolute atomic E-state index is 11.6. The van der Waals surface area contributed by atoms with Crippen molar-refractivity contribution < 1.29 is 75.9 Å². The fraction of sp³-hybridized carbons (Fsp3) is 0.946. The Morgan fingerprint density at radius 1 is 0.283 bits per heavy atom. The second-order valence-electron chi connectivity index (χ2n) is 11.3. The first-order valence-electron chi connectivity index (χ1n) is 19.4. The summed E-state index contributed by atoms with van der Waals surface area (Å²) in [6, 6.07) is 0. The molecule has 0 aliphatic carbocycles. The Labute approximate surface area is 318 Å². The molecule has 0 spiro atoms. The molecule has 0 aromatic heterocycles. The highest BCUT2D eigenvalue weighted by atomic mass is 16.6. The van der Waals surface area contributed by atoms with Crippen molar-refractivity contribution in [3.05, 3.63) is 0 Å². The van der Waals surface area contributed by atoms with Crippen LogP contribution in [0.3, 0.4) is 0 Å². The number of carbonyl (C=O) groups excluding carboxylic acids is 2. The maximum atomic E-state index is 11.6. The van der Waals surface area contributed by atoms with Crippen molar-refractivity contribution in [2.75, 3.05) is 172 Å². The van der Waals surface area contributed by atoms with Gasteiger partial charge in [-0.15, -0.1) is 0 Å². The number of hydrogen-bond donors (Lipinski definition) is 0. The molecule has 16 nitrogen and oxygen atoms in total. The molecule has 0 N–H and O–H groups in total. The minimum Gasteiger partial charge on any atom is -0.466 e. The average molecular weight is 773 g/mol. The molecule has 0 saturated heterocycles. The van der Waals surface area contributed by atoms with Crippen molar-refractivity contribution in [2.24, 2.45) is 0 Å². The van der Waals surface area contributed by atoms with E-state index >= 15 is 0 Å². The zero-order valence-electron chi connectivity index (χ0n) is 32.9. The lowest BCUT2D eigenvalue weighted by molar-refractivity contribution is -0.146. The largest absolute Gasteiger partial charge is 0.466 e. The summed E-state index contributed by atoms with van der Waals surface area (Å²) < 4.78 is 75.3. The molecule has 0 aromatic carbocycles. The second-order valence-corrected chi connectivity index (χ2v) is 11.3. The first kappa shape index (κ1) is 51.5. The Hall–Kier alpha value is -1.54. The van der Waals surface area contributed by atoms with Crippen LogP contribution in [0.2, 0.25) is 0 Å². The summed E-state index contributed by atoms with van der Waals surface area (Å²) in [7, 11) is 0. The summed E-state index contributed by atoms with van der Waals surface area (Å²) in [5.74, 6) is -0.405. The number of carbonyl (C=O) groups is 2. The first-order chi connectivity index (χ1) is 26.2. The van der Waals surface area contributed by atoms with Gasteiger partial charge in [0.15, 0.2) is 0 Å². The van der Waals surface area contributed by atoms with E-state index in [-0.39, 0.29) is 25.0 Å². The topological polar surface area (TPSA) is 163 Å². The minimum atomic E-state index is -0.254. The third kappa shape index (κ3) is 46.5. The molecular formula is C37H72O16.